The van der Waals surface area contributed by atoms with Crippen molar-refractivity contribution >= 4 is 26.7 Å². The maximum atomic E-state index is 13.7. The van der Waals surface area contributed by atoms with Gasteiger partial charge in [0.2, 0.25) is 10.0 Å². The average Bonchev–Trinajstić information content (AvgIpc) is 3.09. The third-order valence-corrected chi connectivity index (χ3v) is 8.06. The van der Waals surface area contributed by atoms with Gasteiger partial charge in [-0.05, 0) is 71.4 Å². The van der Waals surface area contributed by atoms with E-state index in [2.05, 4.69) is 28.4 Å². The summed E-state index contributed by atoms with van der Waals surface area (Å²) in [5.41, 5.74) is 2.92. The summed E-state index contributed by atoms with van der Waals surface area (Å²) in [6.07, 6.45) is 2.45. The van der Waals surface area contributed by atoms with Gasteiger partial charge in [-0.3, -0.25) is 4.68 Å². The van der Waals surface area contributed by atoms with Crippen molar-refractivity contribution in [3.63, 3.8) is 0 Å². The van der Waals surface area contributed by atoms with Crippen molar-refractivity contribution in [1.82, 2.24) is 24.0 Å². The van der Waals surface area contributed by atoms with E-state index < -0.39 is 10.0 Å². The molecule has 1 aromatic carbocycles. The number of pyridine rings is 1. The predicted octanol–water partition coefficient (Wildman–Crippen LogP) is 3.27. The number of benzene rings is 1. The molecular formula is C24H34N6O2S. The van der Waals surface area contributed by atoms with Crippen LogP contribution in [-0.2, 0) is 16.6 Å². The Morgan fingerprint density at radius 2 is 1.76 bits per heavy atom. The molecule has 8 nitrogen and oxygen atoms in total. The Labute approximate surface area is 196 Å². The minimum Gasteiger partial charge on any atom is -0.369 e. The van der Waals surface area contributed by atoms with Gasteiger partial charge in [0.1, 0.15) is 10.7 Å². The Morgan fingerprint density at radius 1 is 1.03 bits per heavy atom. The Kier molecular flexibility index (Phi) is 7.31. The van der Waals surface area contributed by atoms with Crippen molar-refractivity contribution in [2.24, 2.45) is 0 Å². The zero-order valence-corrected chi connectivity index (χ0v) is 20.6. The molecule has 1 saturated heterocycles. The molecule has 1 aliphatic rings. The lowest BCUT2D eigenvalue weighted by Crippen LogP contribution is -2.39. The van der Waals surface area contributed by atoms with Crippen molar-refractivity contribution in [2.45, 2.75) is 44.6 Å². The lowest BCUT2D eigenvalue weighted by Gasteiger charge is -2.28. The van der Waals surface area contributed by atoms with Crippen LogP contribution in [0, 0.1) is 13.8 Å². The number of anilines is 1. The van der Waals surface area contributed by atoms with E-state index in [1.807, 2.05) is 42.8 Å². The van der Waals surface area contributed by atoms with Gasteiger partial charge in [0.15, 0.2) is 0 Å². The molecule has 1 N–H and O–H groups in total. The molecule has 0 amide bonds. The third-order valence-electron chi connectivity index (χ3n) is 6.14. The second-order valence-electron chi connectivity index (χ2n) is 8.87. The zero-order valence-electron chi connectivity index (χ0n) is 19.8. The van der Waals surface area contributed by atoms with Crippen molar-refractivity contribution in [2.75, 3.05) is 45.1 Å². The largest absolute Gasteiger partial charge is 0.369 e. The summed E-state index contributed by atoms with van der Waals surface area (Å²) in [6, 6.07) is 11.5. The van der Waals surface area contributed by atoms with Gasteiger partial charge in [0, 0.05) is 37.3 Å². The molecule has 0 aliphatic carbocycles. The Morgan fingerprint density at radius 3 is 2.45 bits per heavy atom. The van der Waals surface area contributed by atoms with Crippen LogP contribution in [0.5, 0.6) is 0 Å². The summed E-state index contributed by atoms with van der Waals surface area (Å²) >= 11 is 0. The Balaban J connectivity index is 1.56. The summed E-state index contributed by atoms with van der Waals surface area (Å²) in [5.74, 6) is 0.432. The van der Waals surface area contributed by atoms with Crippen LogP contribution in [0.1, 0.15) is 30.7 Å². The van der Waals surface area contributed by atoms with E-state index in [1.165, 1.54) is 0 Å². The monoisotopic (exact) mass is 470 g/mol. The first-order valence-corrected chi connectivity index (χ1v) is 13.1. The number of fused-ring (bicyclic) bond motifs is 1. The molecule has 0 radical (unpaired) electrons. The van der Waals surface area contributed by atoms with E-state index in [1.54, 1.807) is 10.4 Å². The molecule has 33 heavy (non-hydrogen) atoms. The summed E-state index contributed by atoms with van der Waals surface area (Å²) < 4.78 is 31.1. The number of rotatable bonds is 7. The fourth-order valence-corrected chi connectivity index (χ4v) is 6.05. The number of sulfonamides is 1. The fraction of sp³-hybridized carbons (Fsp3) is 0.500. The number of aryl methyl sites for hydroxylation is 3. The predicted molar refractivity (Wildman–Crippen MR) is 132 cm³/mol. The molecule has 9 heteroatoms. The molecule has 3 heterocycles. The van der Waals surface area contributed by atoms with E-state index in [0.717, 1.165) is 61.2 Å². The minimum atomic E-state index is -3.66. The van der Waals surface area contributed by atoms with Gasteiger partial charge < -0.3 is 10.2 Å². The summed E-state index contributed by atoms with van der Waals surface area (Å²) in [5, 5.41) is 8.65. The lowest BCUT2D eigenvalue weighted by molar-refractivity contribution is 0.263. The van der Waals surface area contributed by atoms with Crippen molar-refractivity contribution in [1.29, 1.82) is 0 Å². The molecule has 0 bridgehead atoms. The van der Waals surface area contributed by atoms with E-state index in [4.69, 9.17) is 4.98 Å². The van der Waals surface area contributed by atoms with Gasteiger partial charge in [0.25, 0.3) is 0 Å². The zero-order chi connectivity index (χ0) is 23.4. The molecule has 0 spiro atoms. The molecule has 4 rings (SSSR count). The summed E-state index contributed by atoms with van der Waals surface area (Å²) in [6.45, 7) is 8.26. The molecule has 2 aromatic heterocycles. The summed E-state index contributed by atoms with van der Waals surface area (Å²) in [4.78, 5) is 7.24. The van der Waals surface area contributed by atoms with Gasteiger partial charge in [-0.2, -0.15) is 9.40 Å². The van der Waals surface area contributed by atoms with Crippen molar-refractivity contribution in [3.8, 4) is 0 Å². The van der Waals surface area contributed by atoms with Crippen molar-refractivity contribution in [3.05, 3.63) is 47.8 Å². The number of nitrogens with zero attached hydrogens (tertiary/aromatic N) is 5. The van der Waals surface area contributed by atoms with Gasteiger partial charge >= 0.3 is 0 Å². The topological polar surface area (TPSA) is 83.4 Å². The Bertz CT molecular complexity index is 1200. The van der Waals surface area contributed by atoms with E-state index in [-0.39, 0.29) is 4.90 Å². The maximum Gasteiger partial charge on any atom is 0.246 e. The Hall–Kier alpha value is -2.49. The normalized spacial score (nSPS) is 16.6. The molecule has 1 aliphatic heterocycles. The standard InChI is InChI=1S/C24H34N6O2S/c1-19-17-20(2)30(27-19)16-6-11-25-24-23(18-21-9-4-5-10-22(21)26-24)33(31,32)29-14-7-12-28(3)13-8-15-29/h4-5,9-10,17-18H,6-8,11-16H2,1-3H3,(H,25,26). The van der Waals surface area contributed by atoms with Gasteiger partial charge in [-0.1, -0.05) is 18.2 Å². The van der Waals surface area contributed by atoms with Crippen LogP contribution < -0.4 is 5.32 Å². The highest BCUT2D eigenvalue weighted by atomic mass is 32.2. The first-order chi connectivity index (χ1) is 15.8. The number of nitrogens with one attached hydrogen (secondary N) is 1. The highest BCUT2D eigenvalue weighted by Crippen LogP contribution is 2.28. The SMILES string of the molecule is Cc1cc(C)n(CCCNc2nc3ccccc3cc2S(=O)(=O)N2CCCN(C)CCC2)n1. The van der Waals surface area contributed by atoms with Gasteiger partial charge in [-0.25, -0.2) is 13.4 Å². The molecule has 0 unspecified atom stereocenters. The van der Waals surface area contributed by atoms with Gasteiger partial charge in [-0.15, -0.1) is 0 Å². The number of hydrogen-bond donors (Lipinski definition) is 1. The molecule has 178 valence electrons. The van der Waals surface area contributed by atoms with E-state index in [9.17, 15) is 8.42 Å². The number of para-hydroxylation sites is 1. The van der Waals surface area contributed by atoms with Crippen LogP contribution in [0.2, 0.25) is 0 Å². The maximum absolute atomic E-state index is 13.7. The first-order valence-electron chi connectivity index (χ1n) is 11.7. The molecular weight excluding hydrogens is 436 g/mol. The second-order valence-corrected chi connectivity index (χ2v) is 10.8. The summed E-state index contributed by atoms with van der Waals surface area (Å²) in [7, 11) is -1.57. The molecule has 0 saturated carbocycles. The van der Waals surface area contributed by atoms with Crippen LogP contribution >= 0.6 is 0 Å². The van der Waals surface area contributed by atoms with Crippen LogP contribution in [0.25, 0.3) is 10.9 Å². The molecule has 0 atom stereocenters. The van der Waals surface area contributed by atoms with Crippen LogP contribution in [0.4, 0.5) is 5.82 Å². The number of hydrogen-bond acceptors (Lipinski definition) is 6. The van der Waals surface area contributed by atoms with Crippen LogP contribution in [0.15, 0.2) is 41.3 Å². The lowest BCUT2D eigenvalue weighted by atomic mass is 10.2. The molecule has 1 fully saturated rings. The highest BCUT2D eigenvalue weighted by molar-refractivity contribution is 7.89. The smallest absolute Gasteiger partial charge is 0.246 e. The average molecular weight is 471 g/mol. The second kappa shape index (κ2) is 10.2. The third kappa shape index (κ3) is 5.54. The van der Waals surface area contributed by atoms with E-state index in [0.29, 0.717) is 25.5 Å². The highest BCUT2D eigenvalue weighted by Gasteiger charge is 2.29. The van der Waals surface area contributed by atoms with Crippen LogP contribution in [-0.4, -0.2) is 72.2 Å². The minimum absolute atomic E-state index is 0.265. The molecule has 3 aromatic rings. The van der Waals surface area contributed by atoms with Crippen LogP contribution in [0.3, 0.4) is 0 Å². The first kappa shape index (κ1) is 23.7. The quantitative estimate of drug-likeness (QED) is 0.534. The fourth-order valence-electron chi connectivity index (χ4n) is 4.39. The van der Waals surface area contributed by atoms with E-state index >= 15 is 0 Å². The van der Waals surface area contributed by atoms with Crippen molar-refractivity contribution < 1.29 is 8.42 Å². The van der Waals surface area contributed by atoms with Gasteiger partial charge in [0.05, 0.1) is 11.2 Å². The number of aromatic nitrogens is 3.